The number of rotatable bonds is 4. The fourth-order valence-corrected chi connectivity index (χ4v) is 2.66. The zero-order chi connectivity index (χ0) is 14.1. The lowest BCUT2D eigenvalue weighted by molar-refractivity contribution is 0.311. The lowest BCUT2D eigenvalue weighted by Crippen LogP contribution is -2.45. The van der Waals surface area contributed by atoms with E-state index < -0.39 is 0 Å². The molecule has 0 spiro atoms. The van der Waals surface area contributed by atoms with Crippen LogP contribution in [0.25, 0.3) is 0 Å². The maximum atomic E-state index is 4.74. The Labute approximate surface area is 121 Å². The van der Waals surface area contributed by atoms with Gasteiger partial charge in [0.2, 0.25) is 5.95 Å². The van der Waals surface area contributed by atoms with Gasteiger partial charge in [0.15, 0.2) is 0 Å². The minimum absolute atomic E-state index is 0.728. The van der Waals surface area contributed by atoms with Crippen molar-refractivity contribution < 1.29 is 0 Å². The molecule has 0 unspecified atom stereocenters. The third-order valence-electron chi connectivity index (χ3n) is 4.34. The molecule has 5 heteroatoms. The molecule has 1 saturated carbocycles. The van der Waals surface area contributed by atoms with Crippen LogP contribution in [0.5, 0.6) is 0 Å². The highest BCUT2D eigenvalue weighted by Gasteiger charge is 2.22. The van der Waals surface area contributed by atoms with Crippen LogP contribution in [0, 0.1) is 13.8 Å². The molecule has 1 N–H and O–H groups in total. The summed E-state index contributed by atoms with van der Waals surface area (Å²) in [6.07, 6.45) is 2.64. The van der Waals surface area contributed by atoms with Crippen molar-refractivity contribution in [1.29, 1.82) is 0 Å². The molecule has 1 aliphatic carbocycles. The van der Waals surface area contributed by atoms with Crippen molar-refractivity contribution in [3.05, 3.63) is 17.0 Å². The third kappa shape index (κ3) is 3.10. The van der Waals surface area contributed by atoms with Crippen LogP contribution in [0.15, 0.2) is 0 Å². The molecular weight excluding hydrogens is 250 g/mol. The Hall–Kier alpha value is -1.20. The van der Waals surface area contributed by atoms with E-state index in [1.807, 2.05) is 0 Å². The number of aryl methyl sites for hydroxylation is 2. The van der Waals surface area contributed by atoms with E-state index in [4.69, 9.17) is 9.97 Å². The number of piperazine rings is 1. The monoisotopic (exact) mass is 275 g/mol. The summed E-state index contributed by atoms with van der Waals surface area (Å²) in [5.41, 5.74) is 3.52. The fourth-order valence-electron chi connectivity index (χ4n) is 2.66. The van der Waals surface area contributed by atoms with Gasteiger partial charge in [0.05, 0.1) is 0 Å². The van der Waals surface area contributed by atoms with Crippen molar-refractivity contribution in [1.82, 2.24) is 20.2 Å². The minimum Gasteiger partial charge on any atom is -0.338 e. The van der Waals surface area contributed by atoms with Gasteiger partial charge in [0.25, 0.3) is 0 Å². The zero-order valence-corrected chi connectivity index (χ0v) is 12.8. The maximum absolute atomic E-state index is 4.74. The van der Waals surface area contributed by atoms with Gasteiger partial charge in [-0.05, 0) is 33.7 Å². The van der Waals surface area contributed by atoms with E-state index in [0.717, 1.165) is 56.1 Å². The van der Waals surface area contributed by atoms with Gasteiger partial charge in [0, 0.05) is 55.7 Å². The molecule has 0 amide bonds. The Morgan fingerprint density at radius 3 is 2.20 bits per heavy atom. The van der Waals surface area contributed by atoms with Crippen LogP contribution < -0.4 is 10.2 Å². The molecule has 3 rings (SSSR count). The summed E-state index contributed by atoms with van der Waals surface area (Å²) in [5.74, 6) is 0.906. The van der Waals surface area contributed by atoms with Gasteiger partial charge in [0.1, 0.15) is 0 Å². The van der Waals surface area contributed by atoms with E-state index in [9.17, 15) is 0 Å². The SMILES string of the molecule is Cc1nc(N2CCN(C)CC2)nc(C)c1CNC1CC1. The van der Waals surface area contributed by atoms with E-state index >= 15 is 0 Å². The Balaban J connectivity index is 1.72. The summed E-state index contributed by atoms with van der Waals surface area (Å²) in [6.45, 7) is 9.35. The topological polar surface area (TPSA) is 44.3 Å². The first-order valence-electron chi connectivity index (χ1n) is 7.64. The normalized spacial score (nSPS) is 20.4. The average molecular weight is 275 g/mol. The molecule has 2 aliphatic rings. The first-order valence-corrected chi connectivity index (χ1v) is 7.64. The summed E-state index contributed by atoms with van der Waals surface area (Å²) in [7, 11) is 2.17. The van der Waals surface area contributed by atoms with E-state index in [2.05, 4.69) is 36.0 Å². The minimum atomic E-state index is 0.728. The van der Waals surface area contributed by atoms with Crippen LogP contribution in [-0.2, 0) is 6.54 Å². The molecule has 1 aromatic rings. The fraction of sp³-hybridized carbons (Fsp3) is 0.733. The van der Waals surface area contributed by atoms with Crippen molar-refractivity contribution in [3.63, 3.8) is 0 Å². The van der Waals surface area contributed by atoms with Crippen LogP contribution in [0.2, 0.25) is 0 Å². The summed E-state index contributed by atoms with van der Waals surface area (Å²) >= 11 is 0. The highest BCUT2D eigenvalue weighted by Crippen LogP contribution is 2.21. The summed E-state index contributed by atoms with van der Waals surface area (Å²) in [5, 5.41) is 3.56. The van der Waals surface area contributed by atoms with E-state index in [1.54, 1.807) is 0 Å². The smallest absolute Gasteiger partial charge is 0.225 e. The van der Waals surface area contributed by atoms with Gasteiger partial charge in [-0.2, -0.15) is 0 Å². The Kier molecular flexibility index (Phi) is 3.89. The van der Waals surface area contributed by atoms with Crippen molar-refractivity contribution in [2.24, 2.45) is 0 Å². The predicted octanol–water partition coefficient (Wildman–Crippen LogP) is 1.10. The molecule has 0 aromatic carbocycles. The first-order chi connectivity index (χ1) is 9.63. The molecule has 1 aromatic heterocycles. The molecule has 0 atom stereocenters. The van der Waals surface area contributed by atoms with Gasteiger partial charge < -0.3 is 15.1 Å². The second-order valence-electron chi connectivity index (χ2n) is 6.12. The molecule has 0 bridgehead atoms. The Bertz CT molecular complexity index is 452. The number of hydrogen-bond donors (Lipinski definition) is 1. The van der Waals surface area contributed by atoms with E-state index in [-0.39, 0.29) is 0 Å². The van der Waals surface area contributed by atoms with Crippen molar-refractivity contribution >= 4 is 5.95 Å². The summed E-state index contributed by atoms with van der Waals surface area (Å²) < 4.78 is 0. The van der Waals surface area contributed by atoms with Crippen LogP contribution >= 0.6 is 0 Å². The summed E-state index contributed by atoms with van der Waals surface area (Å²) in [4.78, 5) is 14.1. The molecule has 2 fully saturated rings. The lowest BCUT2D eigenvalue weighted by Gasteiger charge is -2.32. The molecule has 2 heterocycles. The van der Waals surface area contributed by atoms with Crippen molar-refractivity contribution in [3.8, 4) is 0 Å². The first kappa shape index (κ1) is 13.8. The Morgan fingerprint density at radius 2 is 1.65 bits per heavy atom. The zero-order valence-electron chi connectivity index (χ0n) is 12.8. The van der Waals surface area contributed by atoms with Crippen LogP contribution in [-0.4, -0.2) is 54.1 Å². The Morgan fingerprint density at radius 1 is 1.05 bits per heavy atom. The number of aromatic nitrogens is 2. The van der Waals surface area contributed by atoms with Gasteiger partial charge in [-0.1, -0.05) is 0 Å². The molecule has 1 aliphatic heterocycles. The molecule has 110 valence electrons. The lowest BCUT2D eigenvalue weighted by atomic mass is 10.1. The molecule has 1 saturated heterocycles. The number of hydrogen-bond acceptors (Lipinski definition) is 5. The second-order valence-corrected chi connectivity index (χ2v) is 6.12. The van der Waals surface area contributed by atoms with Gasteiger partial charge in [-0.3, -0.25) is 0 Å². The second kappa shape index (κ2) is 5.66. The molecule has 20 heavy (non-hydrogen) atoms. The largest absolute Gasteiger partial charge is 0.338 e. The van der Waals surface area contributed by atoms with Crippen LogP contribution in [0.4, 0.5) is 5.95 Å². The van der Waals surface area contributed by atoms with E-state index in [0.29, 0.717) is 0 Å². The standard InChI is InChI=1S/C15H25N5/c1-11-14(10-16-13-4-5-13)12(2)18-15(17-11)20-8-6-19(3)7-9-20/h13,16H,4-10H2,1-3H3. The molecule has 0 radical (unpaired) electrons. The summed E-state index contributed by atoms with van der Waals surface area (Å²) in [6, 6.07) is 0.728. The quantitative estimate of drug-likeness (QED) is 0.891. The number of likely N-dealkylation sites (N-methyl/N-ethyl adjacent to an activating group) is 1. The van der Waals surface area contributed by atoms with Gasteiger partial charge >= 0.3 is 0 Å². The van der Waals surface area contributed by atoms with Crippen LogP contribution in [0.3, 0.4) is 0 Å². The predicted molar refractivity (Wildman–Crippen MR) is 81.1 cm³/mol. The number of anilines is 1. The molecule has 5 nitrogen and oxygen atoms in total. The number of nitrogens with one attached hydrogen (secondary N) is 1. The average Bonchev–Trinajstić information content (AvgIpc) is 3.22. The van der Waals surface area contributed by atoms with Crippen molar-refractivity contribution in [2.75, 3.05) is 38.1 Å². The van der Waals surface area contributed by atoms with Gasteiger partial charge in [-0.25, -0.2) is 9.97 Å². The molecular formula is C15H25N5. The van der Waals surface area contributed by atoms with Crippen molar-refractivity contribution in [2.45, 2.75) is 39.3 Å². The number of nitrogens with zero attached hydrogens (tertiary/aromatic N) is 4. The van der Waals surface area contributed by atoms with Gasteiger partial charge in [-0.15, -0.1) is 0 Å². The van der Waals surface area contributed by atoms with Crippen LogP contribution in [0.1, 0.15) is 29.8 Å². The van der Waals surface area contributed by atoms with E-state index in [1.165, 1.54) is 18.4 Å². The third-order valence-corrected chi connectivity index (χ3v) is 4.34. The highest BCUT2D eigenvalue weighted by atomic mass is 15.3. The maximum Gasteiger partial charge on any atom is 0.225 e. The highest BCUT2D eigenvalue weighted by molar-refractivity contribution is 5.37.